The van der Waals surface area contributed by atoms with Crippen molar-refractivity contribution in [3.05, 3.63) is 71.8 Å². The van der Waals surface area contributed by atoms with Gasteiger partial charge in [0, 0.05) is 26.2 Å². The van der Waals surface area contributed by atoms with E-state index < -0.39 is 0 Å². The fraction of sp³-hybridized carbons (Fsp3) is 0.250. The van der Waals surface area contributed by atoms with Crippen LogP contribution in [0.2, 0.25) is 0 Å². The van der Waals surface area contributed by atoms with E-state index in [0.29, 0.717) is 0 Å². The average Bonchev–Trinajstić information content (AvgIpc) is 2.45. The van der Waals surface area contributed by atoms with Crippen molar-refractivity contribution in [2.45, 2.75) is 13.1 Å². The molecule has 0 aliphatic rings. The van der Waals surface area contributed by atoms with E-state index in [1.54, 1.807) is 0 Å². The molecule has 0 atom stereocenters. The van der Waals surface area contributed by atoms with Crippen LogP contribution >= 0.6 is 34.0 Å². The fourth-order valence-electron chi connectivity index (χ4n) is 1.83. The van der Waals surface area contributed by atoms with Crippen LogP contribution in [0.25, 0.3) is 0 Å². The lowest BCUT2D eigenvalue weighted by molar-refractivity contribution is 0.611. The van der Waals surface area contributed by atoms with E-state index in [4.69, 9.17) is 0 Å². The van der Waals surface area contributed by atoms with Crippen molar-refractivity contribution in [2.75, 3.05) is 13.1 Å². The zero-order valence-corrected chi connectivity index (χ0v) is 14.8. The lowest BCUT2D eigenvalue weighted by atomic mass is 10.2. The van der Waals surface area contributed by atoms with Gasteiger partial charge in [-0.15, -0.1) is 34.0 Å². The number of nitrogens with one attached hydrogen (secondary N) is 2. The molecule has 0 aliphatic carbocycles. The van der Waals surface area contributed by atoms with Gasteiger partial charge in [-0.3, -0.25) is 0 Å². The molecule has 0 aliphatic heterocycles. The lowest BCUT2D eigenvalue weighted by Gasteiger charge is -2.06. The summed E-state index contributed by atoms with van der Waals surface area (Å²) in [5.41, 5.74) is 2.67. The van der Waals surface area contributed by atoms with Gasteiger partial charge in [-0.2, -0.15) is 0 Å². The molecule has 0 radical (unpaired) electrons. The van der Waals surface area contributed by atoms with Crippen LogP contribution in [0.4, 0.5) is 0 Å². The molecule has 0 heterocycles. The lowest BCUT2D eigenvalue weighted by Crippen LogP contribution is -2.26. The Morgan fingerprint density at radius 1 is 0.550 bits per heavy atom. The molecule has 0 amide bonds. The minimum absolute atomic E-state index is 0. The second kappa shape index (κ2) is 12.1. The van der Waals surface area contributed by atoms with Crippen molar-refractivity contribution in [3.8, 4) is 0 Å². The normalized spacial score (nSPS) is 9.40. The van der Waals surface area contributed by atoms with Crippen molar-refractivity contribution in [3.63, 3.8) is 0 Å². The first-order chi connectivity index (χ1) is 8.95. The van der Waals surface area contributed by atoms with Crippen LogP contribution in [-0.4, -0.2) is 13.1 Å². The summed E-state index contributed by atoms with van der Waals surface area (Å²) >= 11 is 0. The molecule has 2 aromatic carbocycles. The summed E-state index contributed by atoms with van der Waals surface area (Å²) in [6.45, 7) is 3.85. The molecule has 0 bridgehead atoms. The average molecular weight is 402 g/mol. The van der Waals surface area contributed by atoms with Gasteiger partial charge in [-0.1, -0.05) is 60.7 Å². The highest BCUT2D eigenvalue weighted by molar-refractivity contribution is 8.93. The molecule has 2 aromatic rings. The molecule has 0 unspecified atom stereocenters. The maximum absolute atomic E-state index is 3.43. The first-order valence-corrected chi connectivity index (χ1v) is 6.44. The van der Waals surface area contributed by atoms with Gasteiger partial charge in [0.15, 0.2) is 0 Å². The summed E-state index contributed by atoms with van der Waals surface area (Å²) < 4.78 is 0. The maximum Gasteiger partial charge on any atom is 0.0206 e. The van der Waals surface area contributed by atoms with Gasteiger partial charge in [0.1, 0.15) is 0 Å². The molecule has 0 saturated carbocycles. The van der Waals surface area contributed by atoms with Gasteiger partial charge >= 0.3 is 0 Å². The molecule has 4 heteroatoms. The molecular weight excluding hydrogens is 380 g/mol. The zero-order valence-electron chi connectivity index (χ0n) is 11.4. The Morgan fingerprint density at radius 2 is 0.900 bits per heavy atom. The molecule has 0 aromatic heterocycles. The van der Waals surface area contributed by atoms with E-state index in [9.17, 15) is 0 Å². The summed E-state index contributed by atoms with van der Waals surface area (Å²) in [5.74, 6) is 0. The number of rotatable bonds is 7. The monoisotopic (exact) mass is 400 g/mol. The Hall–Kier alpha value is -0.680. The molecule has 0 saturated heterocycles. The summed E-state index contributed by atoms with van der Waals surface area (Å²) in [5, 5.41) is 6.85. The Bertz CT molecular complexity index is 391. The van der Waals surface area contributed by atoms with Gasteiger partial charge in [-0.05, 0) is 11.1 Å². The van der Waals surface area contributed by atoms with Crippen LogP contribution in [-0.2, 0) is 13.1 Å². The number of benzene rings is 2. The van der Waals surface area contributed by atoms with Crippen molar-refractivity contribution >= 4 is 34.0 Å². The predicted molar refractivity (Wildman–Crippen MR) is 96.9 cm³/mol. The Kier molecular flexibility index (Phi) is 11.7. The quantitative estimate of drug-likeness (QED) is 0.690. The summed E-state index contributed by atoms with van der Waals surface area (Å²) in [4.78, 5) is 0. The van der Waals surface area contributed by atoms with Crippen LogP contribution in [0.15, 0.2) is 60.7 Å². The van der Waals surface area contributed by atoms with E-state index in [0.717, 1.165) is 26.2 Å². The summed E-state index contributed by atoms with van der Waals surface area (Å²) in [6.07, 6.45) is 0. The molecule has 110 valence electrons. The Morgan fingerprint density at radius 3 is 1.25 bits per heavy atom. The van der Waals surface area contributed by atoms with Crippen LogP contribution in [0.1, 0.15) is 11.1 Å². The number of hydrogen-bond donors (Lipinski definition) is 2. The van der Waals surface area contributed by atoms with E-state index in [-0.39, 0.29) is 34.0 Å². The molecule has 20 heavy (non-hydrogen) atoms. The smallest absolute Gasteiger partial charge is 0.0206 e. The second-order valence-corrected chi connectivity index (χ2v) is 4.32. The van der Waals surface area contributed by atoms with Crippen LogP contribution in [0.3, 0.4) is 0 Å². The first-order valence-electron chi connectivity index (χ1n) is 6.44. The van der Waals surface area contributed by atoms with Crippen molar-refractivity contribution in [1.29, 1.82) is 0 Å². The van der Waals surface area contributed by atoms with Crippen molar-refractivity contribution in [1.82, 2.24) is 10.6 Å². The third-order valence-corrected chi connectivity index (χ3v) is 2.82. The molecule has 0 spiro atoms. The van der Waals surface area contributed by atoms with Gasteiger partial charge in [0.05, 0.1) is 0 Å². The molecule has 2 rings (SSSR count). The third-order valence-electron chi connectivity index (χ3n) is 2.82. The first kappa shape index (κ1) is 19.3. The Balaban J connectivity index is 0.00000180. The highest BCUT2D eigenvalue weighted by Crippen LogP contribution is 1.97. The van der Waals surface area contributed by atoms with Crippen LogP contribution < -0.4 is 10.6 Å². The zero-order chi connectivity index (χ0) is 12.5. The highest BCUT2D eigenvalue weighted by atomic mass is 79.9. The maximum atomic E-state index is 3.43. The summed E-state index contributed by atoms with van der Waals surface area (Å²) in [6, 6.07) is 21.0. The minimum Gasteiger partial charge on any atom is -0.311 e. The van der Waals surface area contributed by atoms with E-state index in [2.05, 4.69) is 59.2 Å². The largest absolute Gasteiger partial charge is 0.311 e. The van der Waals surface area contributed by atoms with Crippen molar-refractivity contribution in [2.24, 2.45) is 0 Å². The van der Waals surface area contributed by atoms with E-state index >= 15 is 0 Å². The second-order valence-electron chi connectivity index (χ2n) is 4.32. The van der Waals surface area contributed by atoms with E-state index in [1.165, 1.54) is 11.1 Å². The minimum atomic E-state index is 0. The summed E-state index contributed by atoms with van der Waals surface area (Å²) in [7, 11) is 0. The molecule has 2 N–H and O–H groups in total. The molecular formula is C16H22Br2N2. The van der Waals surface area contributed by atoms with Crippen molar-refractivity contribution < 1.29 is 0 Å². The van der Waals surface area contributed by atoms with Gasteiger partial charge < -0.3 is 10.6 Å². The Labute approximate surface area is 142 Å². The number of halogens is 2. The third kappa shape index (κ3) is 7.80. The van der Waals surface area contributed by atoms with Gasteiger partial charge in [0.2, 0.25) is 0 Å². The van der Waals surface area contributed by atoms with Gasteiger partial charge in [0.25, 0.3) is 0 Å². The van der Waals surface area contributed by atoms with Crippen LogP contribution in [0, 0.1) is 0 Å². The molecule has 0 fully saturated rings. The SMILES string of the molecule is Br.Br.c1ccc(CNCCNCc2ccccc2)cc1. The van der Waals surface area contributed by atoms with E-state index in [1.807, 2.05) is 12.1 Å². The van der Waals surface area contributed by atoms with Crippen LogP contribution in [0.5, 0.6) is 0 Å². The topological polar surface area (TPSA) is 24.1 Å². The molecule has 2 nitrogen and oxygen atoms in total. The fourth-order valence-corrected chi connectivity index (χ4v) is 1.83. The van der Waals surface area contributed by atoms with Gasteiger partial charge in [-0.25, -0.2) is 0 Å². The highest BCUT2D eigenvalue weighted by Gasteiger charge is 1.92. The predicted octanol–water partition coefficient (Wildman–Crippen LogP) is 3.72. The number of hydrogen-bond acceptors (Lipinski definition) is 2. The standard InChI is InChI=1S/C16H20N2.2BrH/c1-3-7-15(8-4-1)13-17-11-12-18-14-16-9-5-2-6-10-16;;/h1-10,17-18H,11-14H2;2*1H.